The number of carbonyl (C=O) groups excluding carboxylic acids is 2. The van der Waals surface area contributed by atoms with Crippen molar-refractivity contribution in [3.05, 3.63) is 35.5 Å². The summed E-state index contributed by atoms with van der Waals surface area (Å²) in [6.07, 6.45) is 2.02. The molecule has 2 bridgehead atoms. The van der Waals surface area contributed by atoms with Gasteiger partial charge in [-0.2, -0.15) is 0 Å². The largest absolute Gasteiger partial charge is 0.458 e. The van der Waals surface area contributed by atoms with Crippen molar-refractivity contribution in [1.82, 2.24) is 0 Å². The smallest absolute Gasteiger partial charge is 0.334 e. The van der Waals surface area contributed by atoms with Gasteiger partial charge in [-0.3, -0.25) is 0 Å². The highest BCUT2D eigenvalue weighted by molar-refractivity contribution is 5.92. The Morgan fingerprint density at radius 2 is 2.19 bits per heavy atom. The summed E-state index contributed by atoms with van der Waals surface area (Å²) < 4.78 is 17.3. The van der Waals surface area contributed by atoms with Crippen LogP contribution in [0.15, 0.2) is 35.5 Å². The summed E-state index contributed by atoms with van der Waals surface area (Å²) in [5.74, 6) is -1.44. The Kier molecular flexibility index (Phi) is 4.84. The van der Waals surface area contributed by atoms with Crippen LogP contribution < -0.4 is 0 Å². The minimum absolute atomic E-state index is 0.255. The van der Waals surface area contributed by atoms with Crippen LogP contribution in [0.1, 0.15) is 40.5 Å². The van der Waals surface area contributed by atoms with Gasteiger partial charge in [-0.25, -0.2) is 9.59 Å². The van der Waals surface area contributed by atoms with Gasteiger partial charge in [0.2, 0.25) is 0 Å². The molecule has 142 valence electrons. The van der Waals surface area contributed by atoms with E-state index in [1.165, 1.54) is 0 Å². The molecule has 3 heterocycles. The molecule has 26 heavy (non-hydrogen) atoms. The Bertz CT molecular complexity index is 705. The highest BCUT2D eigenvalue weighted by Gasteiger charge is 2.53. The fourth-order valence-electron chi connectivity index (χ4n) is 3.90. The van der Waals surface area contributed by atoms with E-state index >= 15 is 0 Å². The third-order valence-corrected chi connectivity index (χ3v) is 5.77. The quantitative estimate of drug-likeness (QED) is 0.461. The molecule has 6 atom stereocenters. The van der Waals surface area contributed by atoms with Gasteiger partial charge in [-0.05, 0) is 39.3 Å². The number of hydrogen-bond donors (Lipinski definition) is 1. The number of aliphatic hydroxyl groups is 1. The second-order valence-corrected chi connectivity index (χ2v) is 7.62. The molecule has 3 aliphatic rings. The van der Waals surface area contributed by atoms with Crippen molar-refractivity contribution in [2.75, 3.05) is 0 Å². The summed E-state index contributed by atoms with van der Waals surface area (Å²) >= 11 is 0. The lowest BCUT2D eigenvalue weighted by Crippen LogP contribution is -2.44. The van der Waals surface area contributed by atoms with E-state index in [9.17, 15) is 14.7 Å². The van der Waals surface area contributed by atoms with E-state index in [0.717, 1.165) is 5.57 Å². The lowest BCUT2D eigenvalue weighted by Gasteiger charge is -2.34. The van der Waals surface area contributed by atoms with Gasteiger partial charge in [0.15, 0.2) is 0 Å². The number of rotatable bonds is 2. The Morgan fingerprint density at radius 3 is 2.85 bits per heavy atom. The molecular formula is C20H26O6. The zero-order valence-corrected chi connectivity index (χ0v) is 15.7. The first-order valence-corrected chi connectivity index (χ1v) is 8.94. The van der Waals surface area contributed by atoms with Crippen LogP contribution in [0.2, 0.25) is 0 Å². The molecule has 1 N–H and O–H groups in total. The Balaban J connectivity index is 2.02. The third kappa shape index (κ3) is 3.12. The molecule has 0 amide bonds. The summed E-state index contributed by atoms with van der Waals surface area (Å²) in [4.78, 5) is 24.5. The maximum Gasteiger partial charge on any atom is 0.334 e. The standard InChI is InChI=1S/C20H26O6/c1-6-10(2)18(22)25-15-9-20(5)16(21)8-13(26-20)11(3)7-14-17(15)12(4)19(23)24-14/h6-7,13-17,21H,4,8-9H2,1-3,5H3/b10-6-,11-7+/t13-,14-,15-,16-,17+,20-/m1/s1. The van der Waals surface area contributed by atoms with Crippen molar-refractivity contribution in [3.8, 4) is 0 Å². The SMILES string of the molecule is C=C1C(=O)O[C@@H]2/C=C(\C)[C@H]3C[C@@H](O)[C@@](C)(C[C@@H](OC(=O)/C(C)=C\C)[C@@H]12)O3. The summed E-state index contributed by atoms with van der Waals surface area (Å²) in [6.45, 7) is 11.0. The Labute approximate surface area is 153 Å². The molecule has 0 aromatic heterocycles. The molecule has 6 heteroatoms. The maximum absolute atomic E-state index is 12.4. The average molecular weight is 362 g/mol. The van der Waals surface area contributed by atoms with Gasteiger partial charge in [0.05, 0.1) is 23.7 Å². The molecule has 6 nitrogen and oxygen atoms in total. The summed E-state index contributed by atoms with van der Waals surface area (Å²) in [5, 5.41) is 10.6. The molecular weight excluding hydrogens is 336 g/mol. The van der Waals surface area contributed by atoms with Crippen molar-refractivity contribution in [2.45, 2.75) is 70.6 Å². The van der Waals surface area contributed by atoms with Crippen LogP contribution in [0.5, 0.6) is 0 Å². The van der Waals surface area contributed by atoms with E-state index in [1.54, 1.807) is 19.9 Å². The topological polar surface area (TPSA) is 82.1 Å². The summed E-state index contributed by atoms with van der Waals surface area (Å²) in [5.41, 5.74) is 0.766. The molecule has 0 aliphatic carbocycles. The zero-order valence-electron chi connectivity index (χ0n) is 15.7. The summed E-state index contributed by atoms with van der Waals surface area (Å²) in [6, 6.07) is 0. The van der Waals surface area contributed by atoms with E-state index in [1.807, 2.05) is 19.9 Å². The number of aliphatic hydroxyl groups excluding tert-OH is 1. The Hall–Kier alpha value is -1.92. The van der Waals surface area contributed by atoms with Crippen molar-refractivity contribution >= 4 is 11.9 Å². The highest BCUT2D eigenvalue weighted by Crippen LogP contribution is 2.44. The van der Waals surface area contributed by atoms with E-state index in [-0.39, 0.29) is 18.1 Å². The molecule has 0 aromatic carbocycles. The van der Waals surface area contributed by atoms with E-state index < -0.39 is 41.8 Å². The number of allylic oxidation sites excluding steroid dienone is 1. The monoisotopic (exact) mass is 362 g/mol. The van der Waals surface area contributed by atoms with Gasteiger partial charge < -0.3 is 19.3 Å². The number of carbonyl (C=O) groups is 2. The normalized spacial score (nSPS) is 42.1. The molecule has 0 unspecified atom stereocenters. The molecule has 3 rings (SSSR count). The van der Waals surface area contributed by atoms with Crippen molar-refractivity contribution < 1.29 is 28.9 Å². The minimum atomic E-state index is -0.880. The first-order chi connectivity index (χ1) is 12.2. The maximum atomic E-state index is 12.4. The molecule has 0 saturated carbocycles. The fourth-order valence-corrected chi connectivity index (χ4v) is 3.90. The molecule has 0 spiro atoms. The van der Waals surface area contributed by atoms with Gasteiger partial charge in [0.25, 0.3) is 0 Å². The minimum Gasteiger partial charge on any atom is -0.458 e. The van der Waals surface area contributed by atoms with Crippen LogP contribution in [0, 0.1) is 5.92 Å². The predicted octanol–water partition coefficient (Wildman–Crippen LogP) is 2.22. The first-order valence-electron chi connectivity index (χ1n) is 8.94. The molecule has 2 saturated heterocycles. The van der Waals surface area contributed by atoms with E-state index in [4.69, 9.17) is 14.2 Å². The number of ether oxygens (including phenoxy) is 3. The third-order valence-electron chi connectivity index (χ3n) is 5.77. The lowest BCUT2D eigenvalue weighted by molar-refractivity contribution is -0.154. The van der Waals surface area contributed by atoms with Crippen LogP contribution in [-0.2, 0) is 23.8 Å². The average Bonchev–Trinajstić information content (AvgIpc) is 3.03. The van der Waals surface area contributed by atoms with Crippen LogP contribution in [-0.4, -0.2) is 47.1 Å². The van der Waals surface area contributed by atoms with Crippen molar-refractivity contribution in [1.29, 1.82) is 0 Å². The van der Waals surface area contributed by atoms with E-state index in [0.29, 0.717) is 12.0 Å². The zero-order chi connectivity index (χ0) is 19.2. The van der Waals surface area contributed by atoms with Crippen molar-refractivity contribution in [3.63, 3.8) is 0 Å². The second-order valence-electron chi connectivity index (χ2n) is 7.62. The summed E-state index contributed by atoms with van der Waals surface area (Å²) in [7, 11) is 0. The van der Waals surface area contributed by atoms with Crippen LogP contribution >= 0.6 is 0 Å². The second kappa shape index (κ2) is 6.67. The molecule has 0 radical (unpaired) electrons. The molecule has 0 aromatic rings. The Morgan fingerprint density at radius 1 is 1.50 bits per heavy atom. The highest BCUT2D eigenvalue weighted by atomic mass is 16.6. The van der Waals surface area contributed by atoms with Gasteiger partial charge >= 0.3 is 11.9 Å². The molecule has 3 aliphatic heterocycles. The van der Waals surface area contributed by atoms with Gasteiger partial charge in [0.1, 0.15) is 12.2 Å². The van der Waals surface area contributed by atoms with Crippen LogP contribution in [0.3, 0.4) is 0 Å². The van der Waals surface area contributed by atoms with Crippen molar-refractivity contribution in [2.24, 2.45) is 5.92 Å². The van der Waals surface area contributed by atoms with Crippen LogP contribution in [0.25, 0.3) is 0 Å². The van der Waals surface area contributed by atoms with Crippen LogP contribution in [0.4, 0.5) is 0 Å². The fraction of sp³-hybridized carbons (Fsp3) is 0.600. The number of fused-ring (bicyclic) bond motifs is 3. The lowest BCUT2D eigenvalue weighted by atomic mass is 9.81. The van der Waals surface area contributed by atoms with E-state index in [2.05, 4.69) is 6.58 Å². The van der Waals surface area contributed by atoms with Gasteiger partial charge in [-0.1, -0.05) is 12.7 Å². The first kappa shape index (κ1) is 18.9. The number of hydrogen-bond acceptors (Lipinski definition) is 6. The predicted molar refractivity (Wildman–Crippen MR) is 94.1 cm³/mol. The number of esters is 2. The van der Waals surface area contributed by atoms with Gasteiger partial charge in [-0.15, -0.1) is 0 Å². The molecule has 2 fully saturated rings. The van der Waals surface area contributed by atoms with Gasteiger partial charge in [0, 0.05) is 24.0 Å².